The second-order valence-corrected chi connectivity index (χ2v) is 6.86. The van der Waals surface area contributed by atoms with Crippen molar-refractivity contribution in [2.24, 2.45) is 5.73 Å². The van der Waals surface area contributed by atoms with Gasteiger partial charge in [0.2, 0.25) is 11.8 Å². The van der Waals surface area contributed by atoms with Gasteiger partial charge < -0.3 is 15.5 Å². The van der Waals surface area contributed by atoms with E-state index in [1.54, 1.807) is 13.1 Å². The van der Waals surface area contributed by atoms with E-state index in [-0.39, 0.29) is 43.3 Å². The molecule has 8 heteroatoms. The molecule has 0 saturated heterocycles. The first-order valence-electron chi connectivity index (χ1n) is 8.77. The van der Waals surface area contributed by atoms with Crippen molar-refractivity contribution in [3.05, 3.63) is 65.0 Å². The Bertz CT molecular complexity index is 920. The number of fused-ring (bicyclic) bond motifs is 1. The van der Waals surface area contributed by atoms with Gasteiger partial charge in [-0.15, -0.1) is 0 Å². The number of hydrogen-bond acceptors (Lipinski definition) is 3. The molecule has 3 rings (SSSR count). The average Bonchev–Trinajstić information content (AvgIpc) is 2.77. The topological polar surface area (TPSA) is 66.6 Å². The third-order valence-corrected chi connectivity index (χ3v) is 4.78. The Labute approximate surface area is 160 Å². The van der Waals surface area contributed by atoms with Crippen molar-refractivity contribution < 1.29 is 22.8 Å². The lowest BCUT2D eigenvalue weighted by atomic mass is 10.0. The van der Waals surface area contributed by atoms with Crippen molar-refractivity contribution in [3.63, 3.8) is 0 Å². The van der Waals surface area contributed by atoms with E-state index in [4.69, 9.17) is 5.73 Å². The molecule has 0 radical (unpaired) electrons. The number of amides is 2. The third-order valence-electron chi connectivity index (χ3n) is 4.78. The molecule has 0 aliphatic carbocycles. The molecule has 0 aromatic heterocycles. The molecule has 1 atom stereocenters. The summed E-state index contributed by atoms with van der Waals surface area (Å²) in [6.07, 6.45) is -0.287. The van der Waals surface area contributed by atoms with Crippen LogP contribution in [0.15, 0.2) is 36.4 Å². The minimum absolute atomic E-state index is 0.101. The summed E-state index contributed by atoms with van der Waals surface area (Å²) in [5.74, 6) is -3.97. The fraction of sp³-hybridized carbons (Fsp3) is 0.300. The van der Waals surface area contributed by atoms with Crippen LogP contribution in [0.1, 0.15) is 17.5 Å². The van der Waals surface area contributed by atoms with E-state index < -0.39 is 23.5 Å². The minimum Gasteiger partial charge on any atom is -0.329 e. The van der Waals surface area contributed by atoms with Gasteiger partial charge in [0, 0.05) is 37.8 Å². The Morgan fingerprint density at radius 1 is 1.11 bits per heavy atom. The molecule has 2 aromatic carbocycles. The summed E-state index contributed by atoms with van der Waals surface area (Å²) in [4.78, 5) is 27.9. The van der Waals surface area contributed by atoms with Crippen molar-refractivity contribution in [1.29, 1.82) is 0 Å². The maximum Gasteiger partial charge on any atom is 0.246 e. The number of carbonyl (C=O) groups excluding carboxylic acids is 2. The number of likely N-dealkylation sites (N-methyl/N-ethyl adjacent to an activating group) is 1. The highest BCUT2D eigenvalue weighted by Gasteiger charge is 2.27. The van der Waals surface area contributed by atoms with E-state index in [1.807, 2.05) is 18.2 Å². The van der Waals surface area contributed by atoms with E-state index in [1.165, 1.54) is 9.80 Å². The first kappa shape index (κ1) is 19.9. The van der Waals surface area contributed by atoms with Crippen LogP contribution in [0.5, 0.6) is 0 Å². The van der Waals surface area contributed by atoms with Crippen molar-refractivity contribution >= 4 is 17.5 Å². The monoisotopic (exact) mass is 391 g/mol. The van der Waals surface area contributed by atoms with Crippen LogP contribution in [0.4, 0.5) is 18.9 Å². The van der Waals surface area contributed by atoms with Gasteiger partial charge in [0.15, 0.2) is 11.6 Å². The van der Waals surface area contributed by atoms with Crippen LogP contribution < -0.4 is 10.6 Å². The predicted molar refractivity (Wildman–Crippen MR) is 97.9 cm³/mol. The van der Waals surface area contributed by atoms with E-state index in [0.29, 0.717) is 6.07 Å². The van der Waals surface area contributed by atoms with Crippen LogP contribution in [-0.4, -0.2) is 36.3 Å². The highest BCUT2D eigenvalue weighted by Crippen LogP contribution is 2.25. The first-order chi connectivity index (χ1) is 13.3. The Hall–Kier alpha value is -2.87. The number of hydrogen-bond donors (Lipinski definition) is 1. The van der Waals surface area contributed by atoms with E-state index >= 15 is 0 Å². The normalized spacial score (nSPS) is 15.2. The van der Waals surface area contributed by atoms with Gasteiger partial charge in [-0.25, -0.2) is 13.2 Å². The first-order valence-corrected chi connectivity index (χ1v) is 8.77. The number of benzene rings is 2. The zero-order chi connectivity index (χ0) is 20.4. The van der Waals surface area contributed by atoms with Crippen LogP contribution in [0.25, 0.3) is 0 Å². The number of halogens is 3. The molecule has 1 heterocycles. The number of para-hydroxylation sites is 1. The number of carbonyl (C=O) groups is 2. The maximum atomic E-state index is 13.8. The third kappa shape index (κ3) is 4.17. The second-order valence-electron chi connectivity index (χ2n) is 6.86. The van der Waals surface area contributed by atoms with Gasteiger partial charge in [0.05, 0.1) is 0 Å². The number of nitrogens with two attached hydrogens (primary N) is 1. The van der Waals surface area contributed by atoms with Crippen molar-refractivity contribution in [2.75, 3.05) is 18.5 Å². The van der Waals surface area contributed by atoms with E-state index in [9.17, 15) is 22.8 Å². The molecular formula is C20H20F3N3O2. The Kier molecular flexibility index (Phi) is 5.69. The largest absolute Gasteiger partial charge is 0.329 e. The maximum absolute atomic E-state index is 13.8. The summed E-state index contributed by atoms with van der Waals surface area (Å²) in [7, 11) is 1.65. The molecule has 148 valence electrons. The molecule has 5 nitrogen and oxygen atoms in total. The molecule has 0 bridgehead atoms. The molecule has 1 aliphatic heterocycles. The highest BCUT2D eigenvalue weighted by atomic mass is 19.2. The van der Waals surface area contributed by atoms with Gasteiger partial charge in [-0.1, -0.05) is 18.2 Å². The summed E-state index contributed by atoms with van der Waals surface area (Å²) >= 11 is 0. The smallest absolute Gasteiger partial charge is 0.246 e. The quantitative estimate of drug-likeness (QED) is 0.814. The van der Waals surface area contributed by atoms with Gasteiger partial charge in [-0.2, -0.15) is 0 Å². The van der Waals surface area contributed by atoms with Crippen LogP contribution in [0, 0.1) is 17.5 Å². The summed E-state index contributed by atoms with van der Waals surface area (Å²) in [6, 6.07) is 7.67. The fourth-order valence-corrected chi connectivity index (χ4v) is 3.24. The highest BCUT2D eigenvalue weighted by molar-refractivity contribution is 5.98. The Morgan fingerprint density at radius 3 is 2.54 bits per heavy atom. The van der Waals surface area contributed by atoms with Crippen molar-refractivity contribution in [1.82, 2.24) is 4.90 Å². The summed E-state index contributed by atoms with van der Waals surface area (Å²) in [5.41, 5.74) is 7.40. The van der Waals surface area contributed by atoms with Crippen LogP contribution in [-0.2, 0) is 22.6 Å². The van der Waals surface area contributed by atoms with Gasteiger partial charge in [0.25, 0.3) is 0 Å². The molecule has 0 spiro atoms. The van der Waals surface area contributed by atoms with E-state index in [0.717, 1.165) is 17.3 Å². The zero-order valence-electron chi connectivity index (χ0n) is 15.3. The predicted octanol–water partition coefficient (Wildman–Crippen LogP) is 2.37. The zero-order valence-corrected chi connectivity index (χ0v) is 15.3. The Morgan fingerprint density at radius 2 is 1.79 bits per heavy atom. The van der Waals surface area contributed by atoms with Crippen LogP contribution >= 0.6 is 0 Å². The molecule has 2 N–H and O–H groups in total. The standard InChI is InChI=1S/C20H20F3N3O2/c1-25-18-5-3-2-4-12(18)10-26(11-20(25)28)19(27)8-14(24)6-13-7-16(22)17(23)9-15(13)21/h2-5,7,9,14H,6,8,10-11,24H2,1H3. The summed E-state index contributed by atoms with van der Waals surface area (Å²) in [5, 5.41) is 0. The lowest BCUT2D eigenvalue weighted by Gasteiger charge is -2.22. The average molecular weight is 391 g/mol. The molecular weight excluding hydrogens is 371 g/mol. The molecule has 1 aliphatic rings. The molecule has 2 amide bonds. The van der Waals surface area contributed by atoms with Gasteiger partial charge in [-0.3, -0.25) is 9.59 Å². The minimum atomic E-state index is -1.28. The lowest BCUT2D eigenvalue weighted by Crippen LogP contribution is -2.41. The summed E-state index contributed by atoms with van der Waals surface area (Å²) < 4.78 is 40.2. The number of anilines is 1. The summed E-state index contributed by atoms with van der Waals surface area (Å²) in [6.45, 7) is 0.146. The van der Waals surface area contributed by atoms with Gasteiger partial charge in [0.1, 0.15) is 12.4 Å². The molecule has 0 saturated carbocycles. The van der Waals surface area contributed by atoms with Crippen LogP contribution in [0.2, 0.25) is 0 Å². The molecule has 0 fully saturated rings. The lowest BCUT2D eigenvalue weighted by molar-refractivity contribution is -0.135. The molecule has 2 aromatic rings. The van der Waals surface area contributed by atoms with Gasteiger partial charge in [-0.05, 0) is 29.7 Å². The van der Waals surface area contributed by atoms with Crippen molar-refractivity contribution in [3.8, 4) is 0 Å². The van der Waals surface area contributed by atoms with Crippen LogP contribution in [0.3, 0.4) is 0 Å². The SMILES string of the molecule is CN1C(=O)CN(C(=O)CC(N)Cc2cc(F)c(F)cc2F)Cc2ccccc21. The van der Waals surface area contributed by atoms with Crippen molar-refractivity contribution in [2.45, 2.75) is 25.4 Å². The Balaban J connectivity index is 1.70. The number of nitrogens with zero attached hydrogens (tertiary/aromatic N) is 2. The molecule has 1 unspecified atom stereocenters. The van der Waals surface area contributed by atoms with Gasteiger partial charge >= 0.3 is 0 Å². The number of rotatable bonds is 4. The molecule has 28 heavy (non-hydrogen) atoms. The second kappa shape index (κ2) is 8.02. The fourth-order valence-electron chi connectivity index (χ4n) is 3.24. The van der Waals surface area contributed by atoms with E-state index in [2.05, 4.69) is 0 Å².